The van der Waals surface area contributed by atoms with Crippen LogP contribution in [0.25, 0.3) is 0 Å². The average molecular weight is 319 g/mol. The summed E-state index contributed by atoms with van der Waals surface area (Å²) in [5.74, 6) is 0.348. The Morgan fingerprint density at radius 1 is 1.23 bits per heavy atom. The van der Waals surface area contributed by atoms with E-state index in [1.807, 2.05) is 24.3 Å². The summed E-state index contributed by atoms with van der Waals surface area (Å²) in [6, 6.07) is 7.50. The maximum Gasteiger partial charge on any atom is 0.271 e. The number of hydrogen-bond donors (Lipinski definition) is 2. The van der Waals surface area contributed by atoms with E-state index in [-0.39, 0.29) is 11.8 Å². The summed E-state index contributed by atoms with van der Waals surface area (Å²) in [6.07, 6.45) is 0. The number of ether oxygens (including phenoxy) is 1. The molecule has 6 nitrogen and oxygen atoms in total. The summed E-state index contributed by atoms with van der Waals surface area (Å²) in [5, 5.41) is 7.82. The first kappa shape index (κ1) is 16.0. The molecule has 1 aromatic heterocycles. The molecule has 2 rings (SSSR count). The van der Waals surface area contributed by atoms with E-state index in [2.05, 4.69) is 15.6 Å². The van der Waals surface area contributed by atoms with Crippen LogP contribution >= 0.6 is 11.3 Å². The molecule has 2 aromatic rings. The molecule has 0 unspecified atom stereocenters. The number of carbonyl (C=O) groups excluding carboxylic acids is 2. The quantitative estimate of drug-likeness (QED) is 0.849. The number of benzene rings is 1. The molecule has 1 aromatic carbocycles. The minimum atomic E-state index is -0.253. The monoisotopic (exact) mass is 319 g/mol. The van der Waals surface area contributed by atoms with E-state index in [1.165, 1.54) is 18.3 Å². The number of methoxy groups -OCH3 is 1. The molecule has 2 N–H and O–H groups in total. The minimum absolute atomic E-state index is 0.127. The van der Waals surface area contributed by atoms with E-state index in [4.69, 9.17) is 4.74 Å². The molecule has 0 bridgehead atoms. The van der Waals surface area contributed by atoms with Crippen LogP contribution in [0.4, 0.5) is 0 Å². The first-order valence-corrected chi connectivity index (χ1v) is 7.57. The van der Waals surface area contributed by atoms with Crippen molar-refractivity contribution in [1.82, 2.24) is 15.6 Å². The van der Waals surface area contributed by atoms with Gasteiger partial charge in [-0.2, -0.15) is 0 Å². The highest BCUT2D eigenvalue weighted by atomic mass is 32.1. The van der Waals surface area contributed by atoms with Gasteiger partial charge in [0.2, 0.25) is 5.91 Å². The molecule has 2 amide bonds. The Labute approximate surface area is 132 Å². The van der Waals surface area contributed by atoms with E-state index >= 15 is 0 Å². The Hall–Kier alpha value is -2.41. The molecule has 116 valence electrons. The van der Waals surface area contributed by atoms with Crippen LogP contribution in [0, 0.1) is 0 Å². The van der Waals surface area contributed by atoms with Crippen LogP contribution < -0.4 is 15.4 Å². The molecule has 0 spiro atoms. The van der Waals surface area contributed by atoms with Crippen molar-refractivity contribution >= 4 is 23.2 Å². The SMILES string of the molecule is COc1ccccc1CNC(=O)c1csc(CNC(C)=O)n1. The van der Waals surface area contributed by atoms with Gasteiger partial charge in [-0.15, -0.1) is 11.3 Å². The zero-order valence-corrected chi connectivity index (χ0v) is 13.2. The fourth-order valence-corrected chi connectivity index (χ4v) is 2.53. The zero-order chi connectivity index (χ0) is 15.9. The first-order chi connectivity index (χ1) is 10.6. The predicted octanol–water partition coefficient (Wildman–Crippen LogP) is 1.72. The Morgan fingerprint density at radius 2 is 2.00 bits per heavy atom. The Bertz CT molecular complexity index is 670. The lowest BCUT2D eigenvalue weighted by Crippen LogP contribution is -2.24. The molecular formula is C15H17N3O3S. The second-order valence-electron chi connectivity index (χ2n) is 4.53. The van der Waals surface area contributed by atoms with Crippen molar-refractivity contribution in [3.05, 3.63) is 45.9 Å². The highest BCUT2D eigenvalue weighted by molar-refractivity contribution is 7.09. The van der Waals surface area contributed by atoms with Gasteiger partial charge >= 0.3 is 0 Å². The number of hydrogen-bond acceptors (Lipinski definition) is 5. The number of amides is 2. The summed E-state index contributed by atoms with van der Waals surface area (Å²) >= 11 is 1.34. The smallest absolute Gasteiger partial charge is 0.271 e. The van der Waals surface area contributed by atoms with Gasteiger partial charge < -0.3 is 15.4 Å². The first-order valence-electron chi connectivity index (χ1n) is 6.69. The maximum atomic E-state index is 12.1. The van der Waals surface area contributed by atoms with Crippen LogP contribution in [0.3, 0.4) is 0 Å². The van der Waals surface area contributed by atoms with Crippen molar-refractivity contribution < 1.29 is 14.3 Å². The number of aromatic nitrogens is 1. The standard InChI is InChI=1S/C15H17N3O3S/c1-10(19)16-8-14-18-12(9-22-14)15(20)17-7-11-5-3-4-6-13(11)21-2/h3-6,9H,7-8H2,1-2H3,(H,16,19)(H,17,20). The van der Waals surface area contributed by atoms with Crippen molar-refractivity contribution in [2.75, 3.05) is 7.11 Å². The number of rotatable bonds is 6. The van der Waals surface area contributed by atoms with Gasteiger partial charge in [-0.3, -0.25) is 9.59 Å². The molecular weight excluding hydrogens is 302 g/mol. The Kier molecular flexibility index (Phi) is 5.48. The van der Waals surface area contributed by atoms with Crippen molar-refractivity contribution in [3.8, 4) is 5.75 Å². The van der Waals surface area contributed by atoms with Crippen molar-refractivity contribution in [1.29, 1.82) is 0 Å². The fraction of sp³-hybridized carbons (Fsp3) is 0.267. The van der Waals surface area contributed by atoms with Gasteiger partial charge in [-0.25, -0.2) is 4.98 Å². The topological polar surface area (TPSA) is 80.3 Å². The van der Waals surface area contributed by atoms with Crippen molar-refractivity contribution in [2.45, 2.75) is 20.0 Å². The molecule has 22 heavy (non-hydrogen) atoms. The van der Waals surface area contributed by atoms with Crippen LogP contribution in [0.15, 0.2) is 29.6 Å². The summed E-state index contributed by atoms with van der Waals surface area (Å²) in [6.45, 7) is 2.13. The van der Waals surface area contributed by atoms with E-state index in [0.29, 0.717) is 23.8 Å². The normalized spacial score (nSPS) is 10.1. The third kappa shape index (κ3) is 4.29. The molecule has 0 aliphatic rings. The molecule has 1 heterocycles. The summed E-state index contributed by atoms with van der Waals surface area (Å²) in [7, 11) is 1.59. The van der Waals surface area contributed by atoms with Gasteiger partial charge in [0.05, 0.1) is 13.7 Å². The molecule has 0 aliphatic carbocycles. The molecule has 0 radical (unpaired) electrons. The van der Waals surface area contributed by atoms with Gasteiger partial charge in [0, 0.05) is 24.4 Å². The van der Waals surface area contributed by atoms with Crippen molar-refractivity contribution in [3.63, 3.8) is 0 Å². The van der Waals surface area contributed by atoms with Crippen LogP contribution in [-0.2, 0) is 17.9 Å². The molecule has 0 saturated heterocycles. The molecule has 7 heteroatoms. The van der Waals surface area contributed by atoms with Gasteiger partial charge in [-0.1, -0.05) is 18.2 Å². The number of nitrogens with zero attached hydrogens (tertiary/aromatic N) is 1. The number of para-hydroxylation sites is 1. The van der Waals surface area contributed by atoms with Gasteiger partial charge in [0.1, 0.15) is 16.5 Å². The van der Waals surface area contributed by atoms with Gasteiger partial charge in [0.25, 0.3) is 5.91 Å². The highest BCUT2D eigenvalue weighted by Gasteiger charge is 2.11. The van der Waals surface area contributed by atoms with E-state index in [1.54, 1.807) is 12.5 Å². The summed E-state index contributed by atoms with van der Waals surface area (Å²) < 4.78 is 5.24. The van der Waals surface area contributed by atoms with Gasteiger partial charge in [0.15, 0.2) is 0 Å². The minimum Gasteiger partial charge on any atom is -0.496 e. The number of thiazole rings is 1. The Morgan fingerprint density at radius 3 is 2.73 bits per heavy atom. The predicted molar refractivity (Wildman–Crippen MR) is 83.8 cm³/mol. The van der Waals surface area contributed by atoms with E-state index < -0.39 is 0 Å². The molecule has 0 fully saturated rings. The highest BCUT2D eigenvalue weighted by Crippen LogP contribution is 2.17. The molecule has 0 atom stereocenters. The largest absolute Gasteiger partial charge is 0.496 e. The van der Waals surface area contributed by atoms with Crippen LogP contribution in [0.5, 0.6) is 5.75 Å². The van der Waals surface area contributed by atoms with Gasteiger partial charge in [-0.05, 0) is 6.07 Å². The maximum absolute atomic E-state index is 12.1. The number of nitrogens with one attached hydrogen (secondary N) is 2. The zero-order valence-electron chi connectivity index (χ0n) is 12.4. The van der Waals surface area contributed by atoms with E-state index in [0.717, 1.165) is 11.3 Å². The van der Waals surface area contributed by atoms with E-state index in [9.17, 15) is 9.59 Å². The lowest BCUT2D eigenvalue weighted by atomic mass is 10.2. The Balaban J connectivity index is 1.93. The van der Waals surface area contributed by atoms with Crippen LogP contribution in [0.1, 0.15) is 28.0 Å². The molecule has 0 saturated carbocycles. The summed E-state index contributed by atoms with van der Waals surface area (Å²) in [4.78, 5) is 27.1. The number of carbonyl (C=O) groups is 2. The third-order valence-electron chi connectivity index (χ3n) is 2.90. The fourth-order valence-electron chi connectivity index (χ4n) is 1.81. The second kappa shape index (κ2) is 7.56. The lowest BCUT2D eigenvalue weighted by molar-refractivity contribution is -0.119. The summed E-state index contributed by atoms with van der Waals surface area (Å²) in [5.41, 5.74) is 1.24. The van der Waals surface area contributed by atoms with Crippen LogP contribution in [-0.4, -0.2) is 23.9 Å². The van der Waals surface area contributed by atoms with Crippen molar-refractivity contribution in [2.24, 2.45) is 0 Å². The molecule has 0 aliphatic heterocycles. The van der Waals surface area contributed by atoms with Crippen LogP contribution in [0.2, 0.25) is 0 Å². The third-order valence-corrected chi connectivity index (χ3v) is 3.75. The lowest BCUT2D eigenvalue weighted by Gasteiger charge is -2.08. The average Bonchev–Trinajstić information content (AvgIpc) is 3.00. The second-order valence-corrected chi connectivity index (χ2v) is 5.47.